The summed E-state index contributed by atoms with van der Waals surface area (Å²) < 4.78 is 5.63. The largest absolute Gasteiger partial charge is 0.495 e. The van der Waals surface area contributed by atoms with Crippen LogP contribution in [0.2, 0.25) is 0 Å². The molecule has 1 atom stereocenters. The fourth-order valence-corrected chi connectivity index (χ4v) is 5.77. The number of allylic oxidation sites excluding steroid dienone is 1. The Bertz CT molecular complexity index is 1240. The third-order valence-corrected chi connectivity index (χ3v) is 8.17. The van der Waals surface area contributed by atoms with Gasteiger partial charge in [-0.15, -0.1) is 6.58 Å². The maximum atomic E-state index is 13.3. The molecule has 11 heteroatoms. The molecule has 214 valence electrons. The Labute approximate surface area is 236 Å². The van der Waals surface area contributed by atoms with Crippen LogP contribution in [0.5, 0.6) is 5.75 Å². The number of benzene rings is 1. The van der Waals surface area contributed by atoms with Gasteiger partial charge in [-0.05, 0) is 44.5 Å². The summed E-state index contributed by atoms with van der Waals surface area (Å²) in [5.74, 6) is 1.36. The van der Waals surface area contributed by atoms with Crippen molar-refractivity contribution >= 4 is 35.0 Å². The number of aromatic nitrogens is 2. The molecule has 11 nitrogen and oxygen atoms in total. The van der Waals surface area contributed by atoms with Gasteiger partial charge < -0.3 is 24.8 Å². The number of ether oxygens (including phenoxy) is 1. The maximum Gasteiger partial charge on any atom is 0.265 e. The summed E-state index contributed by atoms with van der Waals surface area (Å²) in [6.45, 7) is 7.85. The number of hydrazine groups is 1. The lowest BCUT2D eigenvalue weighted by Gasteiger charge is -2.32. The second-order valence-electron chi connectivity index (χ2n) is 10.9. The van der Waals surface area contributed by atoms with E-state index in [1.54, 1.807) is 43.5 Å². The molecule has 3 aliphatic rings. The molecule has 2 fully saturated rings. The summed E-state index contributed by atoms with van der Waals surface area (Å²) in [5, 5.41) is 5.23. The van der Waals surface area contributed by atoms with Crippen molar-refractivity contribution in [3.05, 3.63) is 42.6 Å². The van der Waals surface area contributed by atoms with E-state index in [1.807, 2.05) is 11.1 Å². The van der Waals surface area contributed by atoms with Crippen LogP contribution in [0.3, 0.4) is 0 Å². The molecule has 2 amide bonds. The van der Waals surface area contributed by atoms with E-state index in [0.29, 0.717) is 47.6 Å². The van der Waals surface area contributed by atoms with Crippen LogP contribution in [0.15, 0.2) is 37.1 Å². The second kappa shape index (κ2) is 12.2. The highest BCUT2D eigenvalue weighted by Gasteiger charge is 2.36. The molecule has 1 unspecified atom stereocenters. The summed E-state index contributed by atoms with van der Waals surface area (Å²) in [5.41, 5.74) is 4.85. The van der Waals surface area contributed by atoms with E-state index in [0.717, 1.165) is 44.8 Å². The number of methoxy groups -OCH3 is 1. The molecule has 1 aromatic heterocycles. The minimum atomic E-state index is -0.182. The first-order chi connectivity index (χ1) is 19.4. The molecule has 1 saturated heterocycles. The van der Waals surface area contributed by atoms with Gasteiger partial charge in [-0.25, -0.2) is 9.99 Å². The van der Waals surface area contributed by atoms with E-state index in [9.17, 15) is 9.59 Å². The normalized spacial score (nSPS) is 20.7. The molecule has 2 aliphatic heterocycles. The Morgan fingerprint density at radius 2 is 1.93 bits per heavy atom. The molecule has 1 aliphatic carbocycles. The molecule has 0 spiro atoms. The van der Waals surface area contributed by atoms with Crippen molar-refractivity contribution in [3.8, 4) is 5.75 Å². The third-order valence-electron chi connectivity index (χ3n) is 8.17. The summed E-state index contributed by atoms with van der Waals surface area (Å²) >= 11 is 0. The van der Waals surface area contributed by atoms with Crippen LogP contribution >= 0.6 is 0 Å². The summed E-state index contributed by atoms with van der Waals surface area (Å²) in [6, 6.07) is 5.61. The molecule has 40 heavy (non-hydrogen) atoms. The van der Waals surface area contributed by atoms with Crippen molar-refractivity contribution in [1.29, 1.82) is 0 Å². The number of hydrogen-bond donors (Lipinski definition) is 2. The first-order valence-corrected chi connectivity index (χ1v) is 14.1. The van der Waals surface area contributed by atoms with Crippen LogP contribution in [0, 0.1) is 5.92 Å². The first kappa shape index (κ1) is 27.9. The van der Waals surface area contributed by atoms with Crippen LogP contribution in [-0.4, -0.2) is 91.7 Å². The van der Waals surface area contributed by atoms with Crippen molar-refractivity contribution in [3.63, 3.8) is 0 Å². The predicted octanol–water partition coefficient (Wildman–Crippen LogP) is 3.04. The molecule has 3 heterocycles. The van der Waals surface area contributed by atoms with Crippen molar-refractivity contribution in [2.24, 2.45) is 5.92 Å². The molecular formula is C29H40N8O3. The van der Waals surface area contributed by atoms with Crippen LogP contribution in [-0.2, 0) is 4.79 Å². The number of carbonyl (C=O) groups is 2. The van der Waals surface area contributed by atoms with Crippen LogP contribution in [0.25, 0.3) is 0 Å². The lowest BCUT2D eigenvalue weighted by atomic mass is 10.0. The Morgan fingerprint density at radius 1 is 1.18 bits per heavy atom. The average Bonchev–Trinajstić information content (AvgIpc) is 3.48. The Balaban J connectivity index is 1.38. The number of carbonyl (C=O) groups excluding carboxylic acids is 2. The predicted molar refractivity (Wildman–Crippen MR) is 156 cm³/mol. The van der Waals surface area contributed by atoms with Gasteiger partial charge in [0, 0.05) is 51.4 Å². The zero-order valence-electron chi connectivity index (χ0n) is 23.7. The maximum absolute atomic E-state index is 13.3. The minimum Gasteiger partial charge on any atom is -0.495 e. The topological polar surface area (TPSA) is 106 Å². The quantitative estimate of drug-likeness (QED) is 0.482. The number of nitrogens with zero attached hydrogens (tertiary/aromatic N) is 6. The van der Waals surface area contributed by atoms with Gasteiger partial charge in [-0.3, -0.25) is 15.0 Å². The molecular weight excluding hydrogens is 508 g/mol. The summed E-state index contributed by atoms with van der Waals surface area (Å²) in [6.07, 6.45) is 8.66. The summed E-state index contributed by atoms with van der Waals surface area (Å²) in [7, 11) is 5.44. The van der Waals surface area contributed by atoms with Gasteiger partial charge in [-0.1, -0.05) is 18.9 Å². The zero-order chi connectivity index (χ0) is 28.2. The Hall–Kier alpha value is -3.70. The van der Waals surface area contributed by atoms with Crippen molar-refractivity contribution in [2.75, 3.05) is 69.0 Å². The lowest BCUT2D eigenvalue weighted by Crippen LogP contribution is -2.52. The molecule has 2 N–H and O–H groups in total. The molecule has 1 aromatic carbocycles. The molecule has 0 radical (unpaired) electrons. The zero-order valence-corrected chi connectivity index (χ0v) is 23.7. The monoisotopic (exact) mass is 548 g/mol. The molecule has 5 rings (SSSR count). The van der Waals surface area contributed by atoms with Crippen molar-refractivity contribution in [2.45, 2.75) is 38.1 Å². The average molecular weight is 549 g/mol. The van der Waals surface area contributed by atoms with E-state index < -0.39 is 0 Å². The number of rotatable bonds is 8. The molecule has 1 saturated carbocycles. The standard InChI is InChI=1S/C29H40N8O3/c1-5-8-21-19-37(22-9-6-7-10-22)26-24(35(3)28(21)39)18-30-29(32-26)31-23-12-11-20(17-25(23)40-4)27(38)33-36-15-13-34(2)14-16-36/h5,11-12,17-18,21-22H,1,6-10,13-16,19H2,2-4H3,(H,33,38)(H,30,31,32). The SMILES string of the molecule is C=CCC1CN(C2CCCC2)c2nc(Nc3ccc(C(=O)NN4CCN(C)CC4)cc3OC)ncc2N(C)C1=O. The number of likely N-dealkylation sites (N-methyl/N-ethyl adjacent to an activating group) is 1. The van der Waals surface area contributed by atoms with Gasteiger partial charge >= 0.3 is 0 Å². The van der Waals surface area contributed by atoms with Crippen molar-refractivity contribution in [1.82, 2.24) is 25.3 Å². The Morgan fingerprint density at radius 3 is 2.62 bits per heavy atom. The Kier molecular flexibility index (Phi) is 8.51. The van der Waals surface area contributed by atoms with Gasteiger partial charge in [0.15, 0.2) is 5.82 Å². The number of nitrogens with one attached hydrogen (secondary N) is 2. The van der Waals surface area contributed by atoms with Crippen LogP contribution in [0.4, 0.5) is 23.1 Å². The van der Waals surface area contributed by atoms with Gasteiger partial charge in [0.1, 0.15) is 11.4 Å². The smallest absolute Gasteiger partial charge is 0.265 e. The van der Waals surface area contributed by atoms with Crippen LogP contribution in [0.1, 0.15) is 42.5 Å². The fourth-order valence-electron chi connectivity index (χ4n) is 5.77. The highest BCUT2D eigenvalue weighted by Crippen LogP contribution is 2.38. The number of amides is 2. The van der Waals surface area contributed by atoms with Gasteiger partial charge in [0.25, 0.3) is 5.91 Å². The second-order valence-corrected chi connectivity index (χ2v) is 10.9. The van der Waals surface area contributed by atoms with Gasteiger partial charge in [0.05, 0.1) is 24.9 Å². The highest BCUT2D eigenvalue weighted by molar-refractivity contribution is 5.99. The van der Waals surface area contributed by atoms with Crippen LogP contribution < -0.4 is 25.3 Å². The third kappa shape index (κ3) is 5.90. The van der Waals surface area contributed by atoms with E-state index in [2.05, 4.69) is 39.2 Å². The fraction of sp³-hybridized carbons (Fsp3) is 0.517. The van der Waals surface area contributed by atoms with Crippen molar-refractivity contribution < 1.29 is 14.3 Å². The van der Waals surface area contributed by atoms with E-state index >= 15 is 0 Å². The number of hydrogen-bond acceptors (Lipinski definition) is 9. The van der Waals surface area contributed by atoms with Gasteiger partial charge in [-0.2, -0.15) is 4.98 Å². The van der Waals surface area contributed by atoms with E-state index in [-0.39, 0.29) is 17.7 Å². The summed E-state index contributed by atoms with van der Waals surface area (Å²) in [4.78, 5) is 41.9. The number of fused-ring (bicyclic) bond motifs is 1. The molecule has 2 aromatic rings. The molecule has 0 bridgehead atoms. The highest BCUT2D eigenvalue weighted by atomic mass is 16.5. The van der Waals surface area contributed by atoms with E-state index in [1.165, 1.54) is 12.8 Å². The number of anilines is 4. The van der Waals surface area contributed by atoms with E-state index in [4.69, 9.17) is 9.72 Å². The van der Waals surface area contributed by atoms with Gasteiger partial charge in [0.2, 0.25) is 11.9 Å². The minimum absolute atomic E-state index is 0.0538. The first-order valence-electron chi connectivity index (χ1n) is 14.1. The lowest BCUT2D eigenvalue weighted by molar-refractivity contribution is -0.121. The number of piperazine rings is 1.